The molecule has 3 amide bonds. The third kappa shape index (κ3) is 5.63. The number of carboxylic acids is 1. The first-order valence-corrected chi connectivity index (χ1v) is 11.1. The first-order valence-electron chi connectivity index (χ1n) is 10.3. The van der Waals surface area contributed by atoms with E-state index in [0.29, 0.717) is 29.7 Å². The van der Waals surface area contributed by atoms with Crippen molar-refractivity contribution in [2.75, 3.05) is 25.7 Å². The highest BCUT2D eigenvalue weighted by atomic mass is 79.9. The van der Waals surface area contributed by atoms with Crippen molar-refractivity contribution in [3.05, 3.63) is 64.7 Å². The monoisotopic (exact) mass is 529 g/mol. The first kappa shape index (κ1) is 25.0. The zero-order chi connectivity index (χ0) is 24.8. The maximum atomic E-state index is 13.2. The van der Waals surface area contributed by atoms with E-state index in [9.17, 15) is 24.3 Å². The van der Waals surface area contributed by atoms with E-state index in [1.54, 1.807) is 42.5 Å². The van der Waals surface area contributed by atoms with Crippen molar-refractivity contribution < 1.29 is 33.8 Å². The normalized spacial score (nSPS) is 15.6. The van der Waals surface area contributed by atoms with E-state index in [-0.39, 0.29) is 13.0 Å². The second-order valence-electron chi connectivity index (χ2n) is 7.39. The number of carboxylic acid groups (broad SMARTS) is 1. The minimum atomic E-state index is -1.54. The summed E-state index contributed by atoms with van der Waals surface area (Å²) in [6.07, 6.45) is 1.52. The fourth-order valence-corrected chi connectivity index (χ4v) is 3.93. The number of hydrogen-bond donors (Lipinski definition) is 0. The van der Waals surface area contributed by atoms with E-state index in [0.717, 1.165) is 21.0 Å². The van der Waals surface area contributed by atoms with Crippen molar-refractivity contribution in [1.82, 2.24) is 4.90 Å². The fraction of sp³-hybridized carbons (Fsp3) is 0.250. The Hall–Kier alpha value is -3.66. The van der Waals surface area contributed by atoms with Crippen LogP contribution < -0.4 is 19.5 Å². The van der Waals surface area contributed by atoms with Crippen LogP contribution in [0, 0.1) is 0 Å². The number of nitrogens with zero attached hydrogens (tertiary/aromatic N) is 2. The van der Waals surface area contributed by atoms with Gasteiger partial charge in [0.1, 0.15) is 6.04 Å². The number of hydrogen-bond acceptors (Lipinski definition) is 7. The van der Waals surface area contributed by atoms with Gasteiger partial charge in [0.15, 0.2) is 11.5 Å². The highest BCUT2D eigenvalue weighted by Crippen LogP contribution is 2.29. The van der Waals surface area contributed by atoms with Gasteiger partial charge in [-0.25, -0.2) is 4.90 Å². The molecule has 9 nitrogen and oxygen atoms in total. The lowest BCUT2D eigenvalue weighted by Crippen LogP contribution is -2.46. The first-order chi connectivity index (χ1) is 16.2. The molecule has 10 heteroatoms. The van der Waals surface area contributed by atoms with Gasteiger partial charge >= 0.3 is 0 Å². The third-order valence-electron chi connectivity index (χ3n) is 5.32. The maximum Gasteiger partial charge on any atom is 0.257 e. The van der Waals surface area contributed by atoms with E-state index in [1.165, 1.54) is 19.1 Å². The molecule has 178 valence electrons. The van der Waals surface area contributed by atoms with Crippen LogP contribution in [-0.2, 0) is 25.6 Å². The van der Waals surface area contributed by atoms with E-state index < -0.39 is 29.7 Å². The largest absolute Gasteiger partial charge is 0.545 e. The van der Waals surface area contributed by atoms with Crippen molar-refractivity contribution in [3.63, 3.8) is 0 Å². The van der Waals surface area contributed by atoms with Gasteiger partial charge in [0.2, 0.25) is 11.8 Å². The molecule has 1 heterocycles. The Labute approximate surface area is 204 Å². The smallest absolute Gasteiger partial charge is 0.257 e. The molecule has 1 fully saturated rings. The molecule has 0 aliphatic carbocycles. The summed E-state index contributed by atoms with van der Waals surface area (Å²) in [5.74, 6) is -2.23. The number of amides is 3. The molecule has 0 bridgehead atoms. The summed E-state index contributed by atoms with van der Waals surface area (Å²) in [7, 11) is 3.02. The van der Waals surface area contributed by atoms with Gasteiger partial charge in [0.05, 0.1) is 32.3 Å². The molecule has 0 spiro atoms. The minimum Gasteiger partial charge on any atom is -0.545 e. The average Bonchev–Trinajstić information content (AvgIpc) is 3.11. The third-order valence-corrected chi connectivity index (χ3v) is 5.85. The number of benzene rings is 2. The number of carbonyl (C=O) groups excluding carboxylic acids is 4. The Balaban J connectivity index is 1.86. The molecule has 0 aromatic heterocycles. The van der Waals surface area contributed by atoms with Crippen LogP contribution in [-0.4, -0.2) is 55.4 Å². The SMILES string of the molecule is COc1ccc(CCN(C(=O)/C=C/C(=O)[O-])[C@H]2CC(=O)N(c3ccc(Br)cc3)C2=O)cc1OC. The number of imide groups is 1. The van der Waals surface area contributed by atoms with Crippen LogP contribution >= 0.6 is 15.9 Å². The topological polar surface area (TPSA) is 116 Å². The number of methoxy groups -OCH3 is 2. The van der Waals surface area contributed by atoms with Gasteiger partial charge in [-0.05, 0) is 54.5 Å². The van der Waals surface area contributed by atoms with Gasteiger partial charge in [0.25, 0.3) is 5.91 Å². The number of ether oxygens (including phenoxy) is 2. The Morgan fingerprint density at radius 3 is 2.38 bits per heavy atom. The number of carbonyl (C=O) groups is 4. The molecular weight excluding hydrogens is 508 g/mol. The lowest BCUT2D eigenvalue weighted by atomic mass is 10.1. The molecule has 0 unspecified atom stereocenters. The Morgan fingerprint density at radius 1 is 1.09 bits per heavy atom. The van der Waals surface area contributed by atoms with Gasteiger partial charge in [-0.3, -0.25) is 14.4 Å². The van der Waals surface area contributed by atoms with Crippen LogP contribution in [0.3, 0.4) is 0 Å². The number of halogens is 1. The van der Waals surface area contributed by atoms with Gasteiger partial charge < -0.3 is 24.3 Å². The minimum absolute atomic E-state index is 0.0591. The molecule has 1 atom stereocenters. The van der Waals surface area contributed by atoms with Gasteiger partial charge in [-0.1, -0.05) is 22.0 Å². The van der Waals surface area contributed by atoms with Crippen molar-refractivity contribution in [3.8, 4) is 11.5 Å². The molecule has 2 aromatic carbocycles. The summed E-state index contributed by atoms with van der Waals surface area (Å²) in [5, 5.41) is 10.8. The second-order valence-corrected chi connectivity index (χ2v) is 8.30. The van der Waals surface area contributed by atoms with E-state index in [1.807, 2.05) is 0 Å². The average molecular weight is 530 g/mol. The summed E-state index contributed by atoms with van der Waals surface area (Å²) in [6, 6.07) is 10.8. The molecule has 34 heavy (non-hydrogen) atoms. The predicted octanol–water partition coefficient (Wildman–Crippen LogP) is 1.48. The van der Waals surface area contributed by atoms with Crippen LogP contribution in [0.2, 0.25) is 0 Å². The molecule has 0 radical (unpaired) electrons. The molecule has 0 N–H and O–H groups in total. The number of rotatable bonds is 9. The fourth-order valence-electron chi connectivity index (χ4n) is 3.66. The molecule has 0 saturated carbocycles. The molecular formula is C24H22BrN2O7-. The second kappa shape index (κ2) is 11.0. The molecule has 1 saturated heterocycles. The van der Waals surface area contributed by atoms with Crippen molar-refractivity contribution in [1.29, 1.82) is 0 Å². The lowest BCUT2D eigenvalue weighted by Gasteiger charge is -2.27. The quantitative estimate of drug-likeness (QED) is 0.356. The van der Waals surface area contributed by atoms with Crippen LogP contribution in [0.15, 0.2) is 59.1 Å². The van der Waals surface area contributed by atoms with Crippen LogP contribution in [0.4, 0.5) is 5.69 Å². The zero-order valence-corrected chi connectivity index (χ0v) is 20.1. The summed E-state index contributed by atoms with van der Waals surface area (Å²) >= 11 is 3.31. The predicted molar refractivity (Wildman–Crippen MR) is 124 cm³/mol. The highest BCUT2D eigenvalue weighted by molar-refractivity contribution is 9.10. The summed E-state index contributed by atoms with van der Waals surface area (Å²) in [5.41, 5.74) is 1.18. The molecule has 1 aliphatic heterocycles. The van der Waals surface area contributed by atoms with E-state index >= 15 is 0 Å². The zero-order valence-electron chi connectivity index (χ0n) is 18.5. The van der Waals surface area contributed by atoms with E-state index in [4.69, 9.17) is 9.47 Å². The molecule has 2 aromatic rings. The number of aliphatic carboxylic acids is 1. The van der Waals surface area contributed by atoms with Crippen molar-refractivity contribution >= 4 is 45.3 Å². The summed E-state index contributed by atoms with van der Waals surface area (Å²) < 4.78 is 11.3. The van der Waals surface area contributed by atoms with Crippen molar-refractivity contribution in [2.24, 2.45) is 0 Å². The van der Waals surface area contributed by atoms with Gasteiger partial charge in [-0.2, -0.15) is 0 Å². The van der Waals surface area contributed by atoms with Gasteiger partial charge in [-0.15, -0.1) is 0 Å². The van der Waals surface area contributed by atoms with Crippen molar-refractivity contribution in [2.45, 2.75) is 18.9 Å². The Bertz CT molecular complexity index is 1130. The highest BCUT2D eigenvalue weighted by Gasteiger charge is 2.43. The standard InChI is InChI=1S/C24H23BrN2O7/c1-33-19-8-3-15(13-20(19)34-2)11-12-26(21(28)9-10-23(30)31)18-14-22(29)27(24(18)32)17-6-4-16(25)5-7-17/h3-10,13,18H,11-12,14H2,1-2H3,(H,30,31)/p-1/b10-9+/t18-/m0/s1. The maximum absolute atomic E-state index is 13.2. The summed E-state index contributed by atoms with van der Waals surface area (Å²) in [6.45, 7) is 0.0591. The van der Waals surface area contributed by atoms with Gasteiger partial charge in [0, 0.05) is 17.1 Å². The van der Waals surface area contributed by atoms with Crippen LogP contribution in [0.1, 0.15) is 12.0 Å². The molecule has 3 rings (SSSR count). The Morgan fingerprint density at radius 2 is 1.76 bits per heavy atom. The lowest BCUT2D eigenvalue weighted by molar-refractivity contribution is -0.297. The van der Waals surface area contributed by atoms with Crippen LogP contribution in [0.5, 0.6) is 11.5 Å². The number of anilines is 1. The Kier molecular flexibility index (Phi) is 8.06. The van der Waals surface area contributed by atoms with E-state index in [2.05, 4.69) is 15.9 Å². The molecule has 1 aliphatic rings. The summed E-state index contributed by atoms with van der Waals surface area (Å²) in [4.78, 5) is 51.8. The van der Waals surface area contributed by atoms with Crippen LogP contribution in [0.25, 0.3) is 0 Å².